The molecular formula is C16H16N2O3. The smallest absolute Gasteiger partial charge is 0.335 e. The first-order valence-corrected chi connectivity index (χ1v) is 6.52. The SMILES string of the molecule is CNC(=O)c1cc(C(=O)O)cc(Cc2ccccc2C)n1. The number of nitrogens with one attached hydrogen (secondary N) is 1. The van der Waals surface area contributed by atoms with E-state index in [4.69, 9.17) is 5.11 Å². The second kappa shape index (κ2) is 6.17. The van der Waals surface area contributed by atoms with Crippen molar-refractivity contribution < 1.29 is 14.7 Å². The lowest BCUT2D eigenvalue weighted by Crippen LogP contribution is -2.20. The van der Waals surface area contributed by atoms with Crippen LogP contribution in [-0.4, -0.2) is 29.0 Å². The number of rotatable bonds is 4. The van der Waals surface area contributed by atoms with E-state index in [-0.39, 0.29) is 11.3 Å². The highest BCUT2D eigenvalue weighted by Gasteiger charge is 2.13. The maximum Gasteiger partial charge on any atom is 0.335 e. The summed E-state index contributed by atoms with van der Waals surface area (Å²) >= 11 is 0. The number of aryl methyl sites for hydroxylation is 1. The first-order valence-electron chi connectivity index (χ1n) is 6.52. The number of carbonyl (C=O) groups excluding carboxylic acids is 1. The molecule has 21 heavy (non-hydrogen) atoms. The van der Waals surface area contributed by atoms with E-state index in [1.807, 2.05) is 31.2 Å². The summed E-state index contributed by atoms with van der Waals surface area (Å²) in [6.45, 7) is 1.98. The van der Waals surface area contributed by atoms with Gasteiger partial charge in [-0.05, 0) is 30.2 Å². The third-order valence-corrected chi connectivity index (χ3v) is 3.22. The zero-order valence-corrected chi connectivity index (χ0v) is 11.9. The number of carboxylic acids is 1. The van der Waals surface area contributed by atoms with Crippen LogP contribution >= 0.6 is 0 Å². The molecule has 108 valence electrons. The number of amides is 1. The first kappa shape index (κ1) is 14.7. The Bertz CT molecular complexity index is 696. The molecule has 2 rings (SSSR count). The van der Waals surface area contributed by atoms with Crippen molar-refractivity contribution >= 4 is 11.9 Å². The zero-order chi connectivity index (χ0) is 15.4. The van der Waals surface area contributed by atoms with E-state index < -0.39 is 11.9 Å². The number of aromatic carboxylic acids is 1. The van der Waals surface area contributed by atoms with Gasteiger partial charge in [0.25, 0.3) is 5.91 Å². The predicted octanol–water partition coefficient (Wildman–Crippen LogP) is 2.04. The molecule has 0 saturated carbocycles. The van der Waals surface area contributed by atoms with E-state index in [0.29, 0.717) is 12.1 Å². The molecule has 1 heterocycles. The summed E-state index contributed by atoms with van der Waals surface area (Å²) < 4.78 is 0. The Morgan fingerprint density at radius 2 is 1.95 bits per heavy atom. The van der Waals surface area contributed by atoms with Crippen LogP contribution in [0.1, 0.15) is 37.7 Å². The van der Waals surface area contributed by atoms with Gasteiger partial charge >= 0.3 is 5.97 Å². The number of aromatic nitrogens is 1. The highest BCUT2D eigenvalue weighted by atomic mass is 16.4. The van der Waals surface area contributed by atoms with Crippen molar-refractivity contribution in [3.05, 3.63) is 64.5 Å². The van der Waals surface area contributed by atoms with Gasteiger partial charge in [0.2, 0.25) is 0 Å². The third-order valence-electron chi connectivity index (χ3n) is 3.22. The molecular weight excluding hydrogens is 268 g/mol. The molecule has 0 unspecified atom stereocenters. The largest absolute Gasteiger partial charge is 0.478 e. The lowest BCUT2D eigenvalue weighted by atomic mass is 10.0. The minimum atomic E-state index is -1.08. The summed E-state index contributed by atoms with van der Waals surface area (Å²) in [6.07, 6.45) is 0.484. The van der Waals surface area contributed by atoms with Crippen LogP contribution in [0.3, 0.4) is 0 Å². The summed E-state index contributed by atoms with van der Waals surface area (Å²) in [7, 11) is 1.48. The maximum atomic E-state index is 11.7. The lowest BCUT2D eigenvalue weighted by Gasteiger charge is -2.08. The van der Waals surface area contributed by atoms with Crippen molar-refractivity contribution in [2.24, 2.45) is 0 Å². The summed E-state index contributed by atoms with van der Waals surface area (Å²) in [5.41, 5.74) is 2.88. The van der Waals surface area contributed by atoms with Gasteiger partial charge < -0.3 is 10.4 Å². The summed E-state index contributed by atoms with van der Waals surface area (Å²) in [5, 5.41) is 11.6. The van der Waals surface area contributed by atoms with Gasteiger partial charge in [-0.1, -0.05) is 24.3 Å². The standard InChI is InChI=1S/C16H16N2O3/c1-10-5-3-4-6-11(10)7-13-8-12(16(20)21)9-14(18-13)15(19)17-2/h3-6,8-9H,7H2,1-2H3,(H,17,19)(H,20,21). The van der Waals surface area contributed by atoms with Gasteiger partial charge in [0.15, 0.2) is 0 Å². The molecule has 5 heteroatoms. The monoisotopic (exact) mass is 284 g/mol. The van der Waals surface area contributed by atoms with Crippen LogP contribution in [0.2, 0.25) is 0 Å². The van der Waals surface area contributed by atoms with Gasteiger partial charge in [-0.2, -0.15) is 0 Å². The average molecular weight is 284 g/mol. The van der Waals surface area contributed by atoms with Crippen molar-refractivity contribution in [2.45, 2.75) is 13.3 Å². The number of nitrogens with zero attached hydrogens (tertiary/aromatic N) is 1. The minimum Gasteiger partial charge on any atom is -0.478 e. The molecule has 0 atom stereocenters. The van der Waals surface area contributed by atoms with E-state index in [0.717, 1.165) is 11.1 Å². The topological polar surface area (TPSA) is 79.3 Å². The van der Waals surface area contributed by atoms with E-state index in [2.05, 4.69) is 10.3 Å². The third kappa shape index (κ3) is 3.45. The molecule has 1 aromatic carbocycles. The Morgan fingerprint density at radius 1 is 1.24 bits per heavy atom. The van der Waals surface area contributed by atoms with Crippen molar-refractivity contribution in [2.75, 3.05) is 7.05 Å². The van der Waals surface area contributed by atoms with Crippen LogP contribution in [0.5, 0.6) is 0 Å². The molecule has 0 aliphatic rings. The lowest BCUT2D eigenvalue weighted by molar-refractivity contribution is 0.0696. The number of hydrogen-bond donors (Lipinski definition) is 2. The summed E-state index contributed by atoms with van der Waals surface area (Å²) in [4.78, 5) is 27.1. The van der Waals surface area contributed by atoms with Crippen LogP contribution in [0.4, 0.5) is 0 Å². The molecule has 0 radical (unpaired) electrons. The van der Waals surface area contributed by atoms with Gasteiger partial charge in [0.05, 0.1) is 5.56 Å². The van der Waals surface area contributed by atoms with E-state index in [1.165, 1.54) is 19.2 Å². The van der Waals surface area contributed by atoms with Gasteiger partial charge in [0.1, 0.15) is 5.69 Å². The minimum absolute atomic E-state index is 0.0622. The molecule has 1 aromatic heterocycles. The van der Waals surface area contributed by atoms with Crippen molar-refractivity contribution in [1.29, 1.82) is 0 Å². The predicted molar refractivity (Wildman–Crippen MR) is 78.6 cm³/mol. The van der Waals surface area contributed by atoms with Crippen LogP contribution in [0, 0.1) is 6.92 Å². The Morgan fingerprint density at radius 3 is 2.57 bits per heavy atom. The Labute approximate surface area is 122 Å². The number of hydrogen-bond acceptors (Lipinski definition) is 3. The number of pyridine rings is 1. The van der Waals surface area contributed by atoms with Crippen LogP contribution < -0.4 is 5.32 Å². The highest BCUT2D eigenvalue weighted by Crippen LogP contribution is 2.14. The molecule has 5 nitrogen and oxygen atoms in total. The van der Waals surface area contributed by atoms with E-state index in [9.17, 15) is 9.59 Å². The fourth-order valence-corrected chi connectivity index (χ4v) is 2.05. The van der Waals surface area contributed by atoms with Gasteiger partial charge in [-0.15, -0.1) is 0 Å². The molecule has 0 spiro atoms. The summed E-state index contributed by atoms with van der Waals surface area (Å²) in [6, 6.07) is 10.6. The Kier molecular flexibility index (Phi) is 4.33. The van der Waals surface area contributed by atoms with Crippen LogP contribution in [0.25, 0.3) is 0 Å². The molecule has 0 aliphatic heterocycles. The molecule has 0 saturated heterocycles. The highest BCUT2D eigenvalue weighted by molar-refractivity contribution is 5.95. The average Bonchev–Trinajstić information content (AvgIpc) is 2.48. The van der Waals surface area contributed by atoms with Crippen molar-refractivity contribution in [3.63, 3.8) is 0 Å². The Balaban J connectivity index is 2.43. The molecule has 2 aromatic rings. The van der Waals surface area contributed by atoms with E-state index in [1.54, 1.807) is 0 Å². The first-order chi connectivity index (χ1) is 10.0. The van der Waals surface area contributed by atoms with Crippen LogP contribution in [0.15, 0.2) is 36.4 Å². The second-order valence-corrected chi connectivity index (χ2v) is 4.72. The number of carbonyl (C=O) groups is 2. The molecule has 0 fully saturated rings. The number of benzene rings is 1. The fourth-order valence-electron chi connectivity index (χ4n) is 2.05. The second-order valence-electron chi connectivity index (χ2n) is 4.72. The van der Waals surface area contributed by atoms with Crippen molar-refractivity contribution in [1.82, 2.24) is 10.3 Å². The molecule has 2 N–H and O–H groups in total. The zero-order valence-electron chi connectivity index (χ0n) is 11.9. The quantitative estimate of drug-likeness (QED) is 0.900. The maximum absolute atomic E-state index is 11.7. The van der Waals surface area contributed by atoms with E-state index >= 15 is 0 Å². The normalized spacial score (nSPS) is 10.2. The molecule has 0 aliphatic carbocycles. The van der Waals surface area contributed by atoms with Crippen molar-refractivity contribution in [3.8, 4) is 0 Å². The van der Waals surface area contributed by atoms with Crippen LogP contribution in [-0.2, 0) is 6.42 Å². The molecule has 1 amide bonds. The van der Waals surface area contributed by atoms with Gasteiger partial charge in [0, 0.05) is 19.2 Å². The van der Waals surface area contributed by atoms with Gasteiger partial charge in [-0.3, -0.25) is 4.79 Å². The Hall–Kier alpha value is -2.69. The summed E-state index contributed by atoms with van der Waals surface area (Å²) in [5.74, 6) is -1.47. The fraction of sp³-hybridized carbons (Fsp3) is 0.188. The number of carboxylic acid groups (broad SMARTS) is 1. The van der Waals surface area contributed by atoms with Gasteiger partial charge in [-0.25, -0.2) is 9.78 Å². The molecule has 0 bridgehead atoms.